The van der Waals surface area contributed by atoms with Gasteiger partial charge in [-0.15, -0.1) is 11.3 Å². The van der Waals surface area contributed by atoms with Crippen LogP contribution in [0.2, 0.25) is 0 Å². The molecule has 4 rings (SSSR count). The Kier molecular flexibility index (Phi) is 6.30. The molecular weight excluding hydrogens is 434 g/mol. The maximum Gasteiger partial charge on any atom is 0.319 e. The van der Waals surface area contributed by atoms with Gasteiger partial charge in [-0.05, 0) is 17.5 Å². The zero-order chi connectivity index (χ0) is 21.3. The smallest absolute Gasteiger partial charge is 0.319 e. The molecule has 3 saturated heterocycles. The summed E-state index contributed by atoms with van der Waals surface area (Å²) in [4.78, 5) is 25.9. The number of nitrogens with zero attached hydrogens (tertiary/aromatic N) is 1. The van der Waals surface area contributed by atoms with Crippen LogP contribution in [0.1, 0.15) is 12.8 Å². The predicted octanol–water partition coefficient (Wildman–Crippen LogP) is -0.197. The van der Waals surface area contributed by atoms with E-state index in [2.05, 4.69) is 10.6 Å². The van der Waals surface area contributed by atoms with E-state index in [9.17, 15) is 23.1 Å². The number of urea groups is 1. The lowest BCUT2D eigenvalue weighted by molar-refractivity contribution is -0.134. The summed E-state index contributed by atoms with van der Waals surface area (Å²) in [7, 11) is -3.04. The molecule has 0 saturated carbocycles. The summed E-state index contributed by atoms with van der Waals surface area (Å²) < 4.78 is 34.7. The second kappa shape index (κ2) is 8.79. The van der Waals surface area contributed by atoms with Crippen LogP contribution in [-0.2, 0) is 24.1 Å². The standard InChI is InChI=1S/C18H25N3O7S2/c22-15(21-3-6-30(25,26)7-4-21)9-11-8-12-17(27-11)16(23)13(28-12)10-19-18(24)20-14-2-1-5-29-14/h1-2,5,11-13,16-17,23H,3-4,6-10H2,(H2,19,20,24)/t11-,12+,13+,16+,17-/m0/s1. The second-order valence-electron chi connectivity index (χ2n) is 7.71. The van der Waals surface area contributed by atoms with Gasteiger partial charge in [0.25, 0.3) is 0 Å². The summed E-state index contributed by atoms with van der Waals surface area (Å²) in [5.41, 5.74) is 0. The van der Waals surface area contributed by atoms with Crippen LogP contribution in [0.5, 0.6) is 0 Å². The minimum Gasteiger partial charge on any atom is -0.388 e. The Morgan fingerprint density at radius 1 is 1.27 bits per heavy atom. The summed E-state index contributed by atoms with van der Waals surface area (Å²) in [5, 5.41) is 18.5. The van der Waals surface area contributed by atoms with Crippen molar-refractivity contribution in [2.24, 2.45) is 0 Å². The van der Waals surface area contributed by atoms with Crippen LogP contribution in [-0.4, -0.2) is 92.0 Å². The van der Waals surface area contributed by atoms with E-state index in [-0.39, 0.29) is 61.7 Å². The molecule has 30 heavy (non-hydrogen) atoms. The van der Waals surface area contributed by atoms with Gasteiger partial charge in [0.2, 0.25) is 5.91 Å². The van der Waals surface area contributed by atoms with Crippen molar-refractivity contribution < 1.29 is 32.6 Å². The highest BCUT2D eigenvalue weighted by atomic mass is 32.2. The number of fused-ring (bicyclic) bond motifs is 1. The summed E-state index contributed by atoms with van der Waals surface area (Å²) in [5.74, 6) is -0.161. The normalized spacial score (nSPS) is 32.6. The molecule has 5 atom stereocenters. The van der Waals surface area contributed by atoms with Gasteiger partial charge in [-0.1, -0.05) is 0 Å². The number of anilines is 1. The highest BCUT2D eigenvalue weighted by Gasteiger charge is 2.50. The number of hydrogen-bond donors (Lipinski definition) is 3. The molecule has 12 heteroatoms. The maximum absolute atomic E-state index is 12.4. The van der Waals surface area contributed by atoms with E-state index in [0.29, 0.717) is 6.42 Å². The Morgan fingerprint density at radius 3 is 2.70 bits per heavy atom. The summed E-state index contributed by atoms with van der Waals surface area (Å²) >= 11 is 1.41. The largest absolute Gasteiger partial charge is 0.388 e. The summed E-state index contributed by atoms with van der Waals surface area (Å²) in [6.45, 7) is 0.558. The lowest BCUT2D eigenvalue weighted by Crippen LogP contribution is -2.45. The third-order valence-corrected chi connectivity index (χ3v) is 7.99. The van der Waals surface area contributed by atoms with E-state index in [0.717, 1.165) is 5.00 Å². The molecule has 166 valence electrons. The minimum atomic E-state index is -3.04. The Labute approximate surface area is 178 Å². The van der Waals surface area contributed by atoms with Crippen molar-refractivity contribution in [1.29, 1.82) is 0 Å². The van der Waals surface area contributed by atoms with Gasteiger partial charge < -0.3 is 24.8 Å². The van der Waals surface area contributed by atoms with Crippen LogP contribution < -0.4 is 10.6 Å². The molecule has 0 spiro atoms. The Hall–Kier alpha value is -1.73. The number of carbonyl (C=O) groups excluding carboxylic acids is 2. The second-order valence-corrected chi connectivity index (χ2v) is 11.0. The molecule has 3 aliphatic heterocycles. The van der Waals surface area contributed by atoms with E-state index in [1.807, 2.05) is 11.4 Å². The van der Waals surface area contributed by atoms with Crippen LogP contribution in [0.15, 0.2) is 17.5 Å². The molecule has 0 radical (unpaired) electrons. The minimum absolute atomic E-state index is 0.00786. The van der Waals surface area contributed by atoms with Gasteiger partial charge in [-0.2, -0.15) is 0 Å². The highest BCUT2D eigenvalue weighted by Crippen LogP contribution is 2.35. The third-order valence-electron chi connectivity index (χ3n) is 5.60. The Morgan fingerprint density at radius 2 is 2.03 bits per heavy atom. The monoisotopic (exact) mass is 459 g/mol. The van der Waals surface area contributed by atoms with Gasteiger partial charge >= 0.3 is 6.03 Å². The molecule has 0 bridgehead atoms. The molecule has 0 aromatic carbocycles. The molecular formula is C18H25N3O7S2. The van der Waals surface area contributed by atoms with Crippen LogP contribution in [0.25, 0.3) is 0 Å². The highest BCUT2D eigenvalue weighted by molar-refractivity contribution is 7.91. The van der Waals surface area contributed by atoms with Gasteiger partial charge in [0.05, 0.1) is 35.1 Å². The van der Waals surface area contributed by atoms with Gasteiger partial charge in [-0.25, -0.2) is 13.2 Å². The molecule has 0 aliphatic carbocycles. The lowest BCUT2D eigenvalue weighted by atomic mass is 10.1. The fourth-order valence-electron chi connectivity index (χ4n) is 3.99. The van der Waals surface area contributed by atoms with E-state index in [1.54, 1.807) is 11.0 Å². The first-order valence-corrected chi connectivity index (χ1v) is 12.6. The van der Waals surface area contributed by atoms with Crippen molar-refractivity contribution in [3.8, 4) is 0 Å². The number of rotatable bonds is 5. The first-order chi connectivity index (χ1) is 14.3. The van der Waals surface area contributed by atoms with Crippen molar-refractivity contribution >= 4 is 38.1 Å². The number of amides is 3. The molecule has 3 amide bonds. The number of hydrogen-bond acceptors (Lipinski definition) is 8. The predicted molar refractivity (Wildman–Crippen MR) is 109 cm³/mol. The molecule has 3 N–H and O–H groups in total. The van der Waals surface area contributed by atoms with Crippen molar-refractivity contribution in [3.63, 3.8) is 0 Å². The van der Waals surface area contributed by atoms with Crippen molar-refractivity contribution in [2.75, 3.05) is 36.5 Å². The molecule has 3 aliphatic rings. The lowest BCUT2D eigenvalue weighted by Gasteiger charge is -2.28. The zero-order valence-corrected chi connectivity index (χ0v) is 17.9. The number of carbonyl (C=O) groups is 2. The fraction of sp³-hybridized carbons (Fsp3) is 0.667. The fourth-order valence-corrected chi connectivity index (χ4v) is 5.81. The zero-order valence-electron chi connectivity index (χ0n) is 16.2. The van der Waals surface area contributed by atoms with Crippen molar-refractivity contribution in [3.05, 3.63) is 17.5 Å². The van der Waals surface area contributed by atoms with Crippen molar-refractivity contribution in [2.45, 2.75) is 43.4 Å². The average Bonchev–Trinajstić information content (AvgIpc) is 3.39. The van der Waals surface area contributed by atoms with E-state index in [1.165, 1.54) is 11.3 Å². The topological polar surface area (TPSA) is 134 Å². The number of ether oxygens (including phenoxy) is 2. The molecule has 1 aromatic heterocycles. The number of aliphatic hydroxyl groups excluding tert-OH is 1. The first kappa shape index (κ1) is 21.5. The Balaban J connectivity index is 1.21. The van der Waals surface area contributed by atoms with Gasteiger partial charge in [-0.3, -0.25) is 10.1 Å². The molecule has 10 nitrogen and oxygen atoms in total. The van der Waals surface area contributed by atoms with E-state index >= 15 is 0 Å². The van der Waals surface area contributed by atoms with Gasteiger partial charge in [0.15, 0.2) is 9.84 Å². The molecule has 4 heterocycles. The number of nitrogens with one attached hydrogen (secondary N) is 2. The molecule has 0 unspecified atom stereocenters. The maximum atomic E-state index is 12.4. The third kappa shape index (κ3) is 4.94. The molecule has 1 aromatic rings. The number of sulfone groups is 1. The Bertz CT molecular complexity index is 862. The van der Waals surface area contributed by atoms with Crippen LogP contribution >= 0.6 is 11.3 Å². The summed E-state index contributed by atoms with van der Waals surface area (Å²) in [6, 6.07) is 3.24. The van der Waals surface area contributed by atoms with Gasteiger partial charge in [0.1, 0.15) is 18.3 Å². The quantitative estimate of drug-likeness (QED) is 0.555. The van der Waals surface area contributed by atoms with Crippen LogP contribution in [0.3, 0.4) is 0 Å². The molecule has 3 fully saturated rings. The first-order valence-electron chi connectivity index (χ1n) is 9.86. The summed E-state index contributed by atoms with van der Waals surface area (Å²) in [6.07, 6.45) is -2.15. The van der Waals surface area contributed by atoms with Crippen molar-refractivity contribution in [1.82, 2.24) is 10.2 Å². The number of aliphatic hydroxyl groups is 1. The van der Waals surface area contributed by atoms with E-state index in [4.69, 9.17) is 9.47 Å². The van der Waals surface area contributed by atoms with Crippen LogP contribution in [0.4, 0.5) is 9.80 Å². The SMILES string of the molecule is O=C(NC[C@H]1O[C@@H]2C[C@@H](CC(=O)N3CCS(=O)(=O)CC3)O[C@@H]2[C@@H]1O)Nc1cccs1. The average molecular weight is 460 g/mol. The number of thiophene rings is 1. The van der Waals surface area contributed by atoms with Crippen LogP contribution in [0, 0.1) is 0 Å². The van der Waals surface area contributed by atoms with Gasteiger partial charge in [0, 0.05) is 26.1 Å². The van der Waals surface area contributed by atoms with E-state index < -0.39 is 28.1 Å².